The lowest BCUT2D eigenvalue weighted by atomic mass is 10.00. The molecule has 0 aliphatic carbocycles. The Hall–Kier alpha value is -3.40. The van der Waals surface area contributed by atoms with Crippen LogP contribution in [0.4, 0.5) is 5.69 Å². The molecular weight excluding hydrogens is 426 g/mol. The standard InChI is InChI=1S/C24H18ClN5S/c1-14-20(12-5-16-3-10-19(26)11-4-16)31-24-22(14)23(17-6-8-18(25)9-7-17)27-13-21-29-28-15(2)30(21)24/h3-4,6-11H,13,26H2,1-2H3. The van der Waals surface area contributed by atoms with E-state index >= 15 is 0 Å². The van der Waals surface area contributed by atoms with Crippen LogP contribution in [0.25, 0.3) is 5.00 Å². The number of hydrogen-bond acceptors (Lipinski definition) is 5. The number of thiophene rings is 1. The average molecular weight is 444 g/mol. The minimum Gasteiger partial charge on any atom is -0.399 e. The fourth-order valence-corrected chi connectivity index (χ4v) is 4.95. The molecule has 1 aliphatic heterocycles. The number of hydrogen-bond donors (Lipinski definition) is 1. The number of aromatic nitrogens is 3. The Bertz CT molecular complexity index is 1380. The molecule has 5 rings (SSSR count). The molecule has 0 saturated heterocycles. The maximum Gasteiger partial charge on any atom is 0.160 e. The maximum absolute atomic E-state index is 6.12. The number of nitrogens with two attached hydrogens (primary N) is 1. The van der Waals surface area contributed by atoms with E-state index in [1.54, 1.807) is 11.3 Å². The number of rotatable bonds is 1. The van der Waals surface area contributed by atoms with Gasteiger partial charge < -0.3 is 5.73 Å². The zero-order valence-corrected chi connectivity index (χ0v) is 18.6. The molecule has 5 nitrogen and oxygen atoms in total. The Kier molecular flexibility index (Phi) is 4.85. The Labute approximate surface area is 189 Å². The number of aryl methyl sites for hydroxylation is 1. The minimum absolute atomic E-state index is 0.464. The zero-order valence-electron chi connectivity index (χ0n) is 17.0. The van der Waals surface area contributed by atoms with Crippen LogP contribution in [0.15, 0.2) is 53.5 Å². The number of halogens is 1. The van der Waals surface area contributed by atoms with Crippen LogP contribution in [0.2, 0.25) is 5.02 Å². The number of nitrogen functional groups attached to an aromatic ring is 1. The van der Waals surface area contributed by atoms with Crippen molar-refractivity contribution in [2.45, 2.75) is 20.4 Å². The molecule has 0 spiro atoms. The van der Waals surface area contributed by atoms with Crippen LogP contribution in [0, 0.1) is 25.7 Å². The Morgan fingerprint density at radius 3 is 2.48 bits per heavy atom. The van der Waals surface area contributed by atoms with Gasteiger partial charge in [0.05, 0.1) is 10.6 Å². The summed E-state index contributed by atoms with van der Waals surface area (Å²) in [5.74, 6) is 8.26. The number of anilines is 1. The van der Waals surface area contributed by atoms with Gasteiger partial charge in [-0.3, -0.25) is 9.56 Å². The third kappa shape index (κ3) is 3.52. The van der Waals surface area contributed by atoms with Gasteiger partial charge in [-0.05, 0) is 55.8 Å². The van der Waals surface area contributed by atoms with Gasteiger partial charge in [-0.15, -0.1) is 21.5 Å². The molecule has 2 aromatic heterocycles. The van der Waals surface area contributed by atoms with Gasteiger partial charge in [0.25, 0.3) is 0 Å². The Balaban J connectivity index is 1.69. The van der Waals surface area contributed by atoms with Gasteiger partial charge in [0.15, 0.2) is 5.82 Å². The van der Waals surface area contributed by atoms with E-state index in [0.29, 0.717) is 11.6 Å². The molecule has 0 saturated carbocycles. The fraction of sp³-hybridized carbons (Fsp3) is 0.125. The average Bonchev–Trinajstić information content (AvgIpc) is 3.23. The lowest BCUT2D eigenvalue weighted by Crippen LogP contribution is -2.07. The SMILES string of the molecule is Cc1c(C#Cc2ccc(N)cc2)sc2c1C(c1ccc(Cl)cc1)=NCc1nnc(C)n1-2. The van der Waals surface area contributed by atoms with Crippen molar-refractivity contribution in [3.8, 4) is 16.8 Å². The van der Waals surface area contributed by atoms with Gasteiger partial charge in [-0.2, -0.15) is 0 Å². The molecule has 0 unspecified atom stereocenters. The summed E-state index contributed by atoms with van der Waals surface area (Å²) < 4.78 is 2.09. The van der Waals surface area contributed by atoms with Gasteiger partial charge in [0.2, 0.25) is 0 Å². The normalized spacial score (nSPS) is 12.3. The van der Waals surface area contributed by atoms with E-state index < -0.39 is 0 Å². The highest BCUT2D eigenvalue weighted by atomic mass is 35.5. The Morgan fingerprint density at radius 2 is 1.74 bits per heavy atom. The summed E-state index contributed by atoms with van der Waals surface area (Å²) in [6.45, 7) is 4.52. The monoisotopic (exact) mass is 443 g/mol. The van der Waals surface area contributed by atoms with Crippen LogP contribution in [0.3, 0.4) is 0 Å². The van der Waals surface area contributed by atoms with Crippen molar-refractivity contribution in [2.75, 3.05) is 5.73 Å². The smallest absolute Gasteiger partial charge is 0.160 e. The van der Waals surface area contributed by atoms with Crippen molar-refractivity contribution in [3.05, 3.63) is 92.3 Å². The van der Waals surface area contributed by atoms with Crippen molar-refractivity contribution in [3.63, 3.8) is 0 Å². The van der Waals surface area contributed by atoms with Crippen molar-refractivity contribution < 1.29 is 0 Å². The highest BCUT2D eigenvalue weighted by molar-refractivity contribution is 7.15. The van der Waals surface area contributed by atoms with E-state index in [0.717, 1.165) is 55.2 Å². The molecule has 31 heavy (non-hydrogen) atoms. The van der Waals surface area contributed by atoms with Crippen molar-refractivity contribution in [2.24, 2.45) is 4.99 Å². The van der Waals surface area contributed by atoms with Crippen LogP contribution in [-0.2, 0) is 6.54 Å². The van der Waals surface area contributed by atoms with Gasteiger partial charge in [0, 0.05) is 27.4 Å². The molecule has 0 fully saturated rings. The van der Waals surface area contributed by atoms with Gasteiger partial charge in [-0.25, -0.2) is 0 Å². The first-order valence-corrected chi connectivity index (χ1v) is 10.9. The first kappa shape index (κ1) is 19.6. The van der Waals surface area contributed by atoms with E-state index in [1.165, 1.54) is 0 Å². The Morgan fingerprint density at radius 1 is 1.00 bits per heavy atom. The molecule has 1 aliphatic rings. The molecule has 152 valence electrons. The highest BCUT2D eigenvalue weighted by Gasteiger charge is 2.27. The second-order valence-corrected chi connectivity index (χ2v) is 8.71. The van der Waals surface area contributed by atoms with E-state index in [-0.39, 0.29) is 0 Å². The lowest BCUT2D eigenvalue weighted by Gasteiger charge is -2.09. The predicted octanol–water partition coefficient (Wildman–Crippen LogP) is 4.93. The number of aliphatic imine (C=N–C) groups is 1. The van der Waals surface area contributed by atoms with Crippen molar-refractivity contribution in [1.29, 1.82) is 0 Å². The number of benzene rings is 2. The van der Waals surface area contributed by atoms with E-state index in [1.807, 2.05) is 55.5 Å². The van der Waals surface area contributed by atoms with E-state index in [4.69, 9.17) is 22.3 Å². The van der Waals surface area contributed by atoms with Gasteiger partial charge in [0.1, 0.15) is 17.4 Å². The molecule has 2 N–H and O–H groups in total. The summed E-state index contributed by atoms with van der Waals surface area (Å²) in [5, 5.41) is 10.4. The van der Waals surface area contributed by atoms with Crippen LogP contribution in [0.5, 0.6) is 0 Å². The van der Waals surface area contributed by atoms with E-state index in [2.05, 4.69) is 33.5 Å². The second kappa shape index (κ2) is 7.69. The first-order chi connectivity index (χ1) is 15.0. The summed E-state index contributed by atoms with van der Waals surface area (Å²) in [6, 6.07) is 15.4. The summed E-state index contributed by atoms with van der Waals surface area (Å²) in [6.07, 6.45) is 0. The van der Waals surface area contributed by atoms with Crippen LogP contribution in [-0.4, -0.2) is 20.5 Å². The second-order valence-electron chi connectivity index (χ2n) is 7.28. The molecule has 0 amide bonds. The highest BCUT2D eigenvalue weighted by Crippen LogP contribution is 2.36. The quantitative estimate of drug-likeness (QED) is 0.335. The number of fused-ring (bicyclic) bond motifs is 3. The summed E-state index contributed by atoms with van der Waals surface area (Å²) >= 11 is 7.76. The molecule has 0 atom stereocenters. The predicted molar refractivity (Wildman–Crippen MR) is 126 cm³/mol. The summed E-state index contributed by atoms with van der Waals surface area (Å²) in [7, 11) is 0. The van der Waals surface area contributed by atoms with Gasteiger partial charge in [-0.1, -0.05) is 35.6 Å². The van der Waals surface area contributed by atoms with Crippen molar-refractivity contribution >= 4 is 34.3 Å². The third-order valence-corrected chi connectivity index (χ3v) is 6.63. The van der Waals surface area contributed by atoms with Crippen LogP contribution < -0.4 is 5.73 Å². The molecule has 0 radical (unpaired) electrons. The number of nitrogens with zero attached hydrogens (tertiary/aromatic N) is 4. The molecule has 3 heterocycles. The van der Waals surface area contributed by atoms with Crippen molar-refractivity contribution in [1.82, 2.24) is 14.8 Å². The molecule has 7 heteroatoms. The maximum atomic E-state index is 6.12. The molecular formula is C24H18ClN5S. The van der Waals surface area contributed by atoms with E-state index in [9.17, 15) is 0 Å². The third-order valence-electron chi connectivity index (χ3n) is 5.19. The topological polar surface area (TPSA) is 69.1 Å². The van der Waals surface area contributed by atoms with Gasteiger partial charge >= 0.3 is 0 Å². The summed E-state index contributed by atoms with van der Waals surface area (Å²) in [5.41, 5.74) is 11.5. The minimum atomic E-state index is 0.464. The largest absolute Gasteiger partial charge is 0.399 e. The summed E-state index contributed by atoms with van der Waals surface area (Å²) in [4.78, 5) is 5.91. The first-order valence-electron chi connectivity index (χ1n) is 9.74. The van der Waals surface area contributed by atoms with Crippen LogP contribution >= 0.6 is 22.9 Å². The lowest BCUT2D eigenvalue weighted by molar-refractivity contribution is 0.869. The van der Waals surface area contributed by atoms with Crippen LogP contribution in [0.1, 0.15) is 38.8 Å². The zero-order chi connectivity index (χ0) is 21.5. The fourth-order valence-electron chi connectivity index (χ4n) is 3.59. The molecule has 4 aromatic rings. The molecule has 2 aromatic carbocycles. The molecule has 0 bridgehead atoms.